The van der Waals surface area contributed by atoms with E-state index in [1.165, 1.54) is 23.1 Å². The van der Waals surface area contributed by atoms with Crippen molar-refractivity contribution in [3.63, 3.8) is 0 Å². The molecule has 0 unspecified atom stereocenters. The number of rotatable bonds is 9. The molecular weight excluding hydrogens is 561 g/mol. The first kappa shape index (κ1) is 27.0. The van der Waals surface area contributed by atoms with Crippen LogP contribution in [0.2, 0.25) is 0 Å². The van der Waals surface area contributed by atoms with Crippen LogP contribution in [0.25, 0.3) is 0 Å². The summed E-state index contributed by atoms with van der Waals surface area (Å²) in [5.41, 5.74) is 1.93. The van der Waals surface area contributed by atoms with Gasteiger partial charge in [0, 0.05) is 0 Å². The molecule has 39 heavy (non-hydrogen) atoms. The predicted molar refractivity (Wildman–Crippen MR) is 147 cm³/mol. The highest BCUT2D eigenvalue weighted by Gasteiger charge is 2.55. The summed E-state index contributed by atoms with van der Waals surface area (Å²) in [6.07, 6.45) is 0.160. The van der Waals surface area contributed by atoms with Crippen molar-refractivity contribution in [2.24, 2.45) is 0 Å². The minimum atomic E-state index is -4.00. The lowest BCUT2D eigenvalue weighted by Crippen LogP contribution is -2.70. The minimum absolute atomic E-state index is 0.00973. The SMILES string of the molecule is CS(=O)(=O)OC1=C(C(=O)OC(c2ccccc2)c2ccccc2)N2C(=O)[C@@H](NC(=O)Cc3ccsc3)[C@@H]2SC1. The van der Waals surface area contributed by atoms with E-state index in [2.05, 4.69) is 5.32 Å². The molecule has 9 nitrogen and oxygen atoms in total. The summed E-state index contributed by atoms with van der Waals surface area (Å²) in [6, 6.07) is 19.1. The second-order valence-corrected chi connectivity index (χ2v) is 12.4. The normalized spacial score (nSPS) is 18.8. The Labute approximate surface area is 233 Å². The standard InChI is InChI=1S/C27H24N2O7S3/c1-39(33,34)36-20-16-38-26-22(28-21(30)14-17-12-13-37-15-17)25(31)29(26)23(20)27(32)35-24(18-8-4-2-5-9-18)19-10-6-3-7-11-19/h2-13,15,22,24,26H,14,16H2,1H3,(H,28,30)/t22-,26+/m1/s1. The first-order chi connectivity index (χ1) is 18.7. The molecule has 5 rings (SSSR count). The fraction of sp³-hybridized carbons (Fsp3) is 0.222. The van der Waals surface area contributed by atoms with Gasteiger partial charge in [-0.25, -0.2) is 4.79 Å². The predicted octanol–water partition coefficient (Wildman–Crippen LogP) is 3.21. The zero-order valence-electron chi connectivity index (χ0n) is 20.7. The number of amides is 2. The Bertz CT molecular complexity index is 1470. The first-order valence-corrected chi connectivity index (χ1v) is 15.7. The van der Waals surface area contributed by atoms with E-state index >= 15 is 0 Å². The van der Waals surface area contributed by atoms with Crippen molar-refractivity contribution in [2.45, 2.75) is 23.9 Å². The zero-order valence-corrected chi connectivity index (χ0v) is 23.1. The van der Waals surface area contributed by atoms with Gasteiger partial charge in [0.2, 0.25) is 5.91 Å². The largest absolute Gasteiger partial charge is 0.448 e. The summed E-state index contributed by atoms with van der Waals surface area (Å²) in [5, 5.41) is 5.83. The van der Waals surface area contributed by atoms with Crippen LogP contribution in [0.5, 0.6) is 0 Å². The smallest absolute Gasteiger partial charge is 0.359 e. The summed E-state index contributed by atoms with van der Waals surface area (Å²) in [7, 11) is -4.00. The van der Waals surface area contributed by atoms with Crippen LogP contribution < -0.4 is 5.32 Å². The quantitative estimate of drug-likeness (QED) is 0.231. The van der Waals surface area contributed by atoms with Gasteiger partial charge in [0.05, 0.1) is 18.4 Å². The fourth-order valence-electron chi connectivity index (χ4n) is 4.38. The van der Waals surface area contributed by atoms with Gasteiger partial charge in [0.25, 0.3) is 5.91 Å². The third-order valence-electron chi connectivity index (χ3n) is 6.07. The van der Waals surface area contributed by atoms with E-state index in [1.54, 1.807) is 24.3 Å². The van der Waals surface area contributed by atoms with E-state index < -0.39 is 39.5 Å². The number of benzene rings is 2. The van der Waals surface area contributed by atoms with Gasteiger partial charge in [-0.2, -0.15) is 19.8 Å². The van der Waals surface area contributed by atoms with E-state index in [0.29, 0.717) is 11.1 Å². The van der Waals surface area contributed by atoms with E-state index in [-0.39, 0.29) is 29.5 Å². The van der Waals surface area contributed by atoms with Crippen molar-refractivity contribution in [1.82, 2.24) is 10.2 Å². The van der Waals surface area contributed by atoms with Crippen LogP contribution in [0.4, 0.5) is 0 Å². The van der Waals surface area contributed by atoms with Gasteiger partial charge in [-0.3, -0.25) is 14.5 Å². The van der Waals surface area contributed by atoms with Crippen molar-refractivity contribution in [2.75, 3.05) is 12.0 Å². The average Bonchev–Trinajstić information content (AvgIpc) is 3.43. The maximum atomic E-state index is 13.7. The Kier molecular flexibility index (Phi) is 7.78. The van der Waals surface area contributed by atoms with Crippen LogP contribution in [0.15, 0.2) is 88.9 Å². The number of carbonyl (C=O) groups is 3. The number of carbonyl (C=O) groups excluding carboxylic acids is 3. The van der Waals surface area contributed by atoms with Gasteiger partial charge in [-0.15, -0.1) is 11.8 Å². The minimum Gasteiger partial charge on any atom is -0.448 e. The molecule has 0 spiro atoms. The van der Waals surface area contributed by atoms with Gasteiger partial charge < -0.3 is 14.2 Å². The summed E-state index contributed by atoms with van der Waals surface area (Å²) in [4.78, 5) is 40.6. The van der Waals surface area contributed by atoms with Gasteiger partial charge in [0.1, 0.15) is 11.4 Å². The second kappa shape index (κ2) is 11.2. The number of hydrogen-bond donors (Lipinski definition) is 1. The summed E-state index contributed by atoms with van der Waals surface area (Å²) >= 11 is 2.66. The molecule has 2 atom stereocenters. The van der Waals surface area contributed by atoms with Crippen molar-refractivity contribution in [1.29, 1.82) is 0 Å². The molecule has 2 aliphatic rings. The van der Waals surface area contributed by atoms with Crippen molar-refractivity contribution >= 4 is 51.0 Å². The molecular formula is C27H24N2O7S3. The molecule has 2 aromatic carbocycles. The van der Waals surface area contributed by atoms with Crippen LogP contribution in [-0.4, -0.2) is 54.5 Å². The second-order valence-electron chi connectivity index (χ2n) is 8.93. The fourth-order valence-corrected chi connectivity index (χ4v) is 6.88. The number of fused-ring (bicyclic) bond motifs is 1. The Hall–Kier alpha value is -3.61. The molecule has 0 bridgehead atoms. The summed E-state index contributed by atoms with van der Waals surface area (Å²) < 4.78 is 35.1. The number of nitrogens with one attached hydrogen (secondary N) is 1. The third-order valence-corrected chi connectivity index (χ3v) is 8.56. The molecule has 3 heterocycles. The maximum Gasteiger partial charge on any atom is 0.359 e. The van der Waals surface area contributed by atoms with Gasteiger partial charge >= 0.3 is 16.1 Å². The number of thiophene rings is 1. The number of β-lactam (4-membered cyclic amide) rings is 1. The van der Waals surface area contributed by atoms with Crippen LogP contribution in [0.1, 0.15) is 22.8 Å². The molecule has 3 aromatic rings. The highest BCUT2D eigenvalue weighted by Crippen LogP contribution is 2.42. The maximum absolute atomic E-state index is 13.7. The van der Waals surface area contributed by atoms with E-state index in [9.17, 15) is 22.8 Å². The highest BCUT2D eigenvalue weighted by atomic mass is 32.2. The van der Waals surface area contributed by atoms with E-state index in [4.69, 9.17) is 8.92 Å². The van der Waals surface area contributed by atoms with Crippen molar-refractivity contribution in [3.05, 3.63) is 106 Å². The van der Waals surface area contributed by atoms with Gasteiger partial charge in [-0.05, 0) is 33.5 Å². The van der Waals surface area contributed by atoms with Crippen molar-refractivity contribution in [3.8, 4) is 0 Å². The molecule has 202 valence electrons. The Morgan fingerprint density at radius 2 is 1.69 bits per heavy atom. The third kappa shape index (κ3) is 6.02. The van der Waals surface area contributed by atoms with Crippen LogP contribution >= 0.6 is 23.1 Å². The monoisotopic (exact) mass is 584 g/mol. The van der Waals surface area contributed by atoms with Crippen LogP contribution in [-0.2, 0) is 39.8 Å². The van der Waals surface area contributed by atoms with E-state index in [0.717, 1.165) is 16.7 Å². The zero-order chi connectivity index (χ0) is 27.6. The molecule has 0 saturated carbocycles. The molecule has 1 fully saturated rings. The topological polar surface area (TPSA) is 119 Å². The van der Waals surface area contributed by atoms with Crippen molar-refractivity contribution < 1.29 is 31.7 Å². The summed E-state index contributed by atoms with van der Waals surface area (Å²) in [5.74, 6) is -1.99. The number of thioether (sulfide) groups is 1. The number of esters is 1. The molecule has 0 aliphatic carbocycles. The van der Waals surface area contributed by atoms with Gasteiger partial charge in [0.15, 0.2) is 17.6 Å². The lowest BCUT2D eigenvalue weighted by atomic mass is 10.0. The molecule has 1 aromatic heterocycles. The molecule has 1 N–H and O–H groups in total. The molecule has 2 aliphatic heterocycles. The Balaban J connectivity index is 1.42. The molecule has 12 heteroatoms. The lowest BCUT2D eigenvalue weighted by Gasteiger charge is -2.49. The average molecular weight is 585 g/mol. The van der Waals surface area contributed by atoms with E-state index in [1.807, 2.05) is 53.2 Å². The van der Waals surface area contributed by atoms with Crippen LogP contribution in [0, 0.1) is 0 Å². The van der Waals surface area contributed by atoms with Gasteiger partial charge in [-0.1, -0.05) is 60.7 Å². The molecule has 1 saturated heterocycles. The first-order valence-electron chi connectivity index (χ1n) is 11.9. The molecule has 2 amide bonds. The Morgan fingerprint density at radius 3 is 2.26 bits per heavy atom. The number of ether oxygens (including phenoxy) is 1. The molecule has 0 radical (unpaired) electrons. The Morgan fingerprint density at radius 1 is 1.05 bits per heavy atom. The highest BCUT2D eigenvalue weighted by molar-refractivity contribution is 8.00. The number of nitrogens with zero attached hydrogens (tertiary/aromatic N) is 1. The summed E-state index contributed by atoms with van der Waals surface area (Å²) in [6.45, 7) is 0. The van der Waals surface area contributed by atoms with Crippen LogP contribution in [0.3, 0.4) is 0 Å². The number of hydrogen-bond acceptors (Lipinski definition) is 9. The lowest BCUT2D eigenvalue weighted by molar-refractivity contribution is -0.155.